The number of benzene rings is 1. The van der Waals surface area contributed by atoms with E-state index in [1.54, 1.807) is 60.1 Å². The lowest BCUT2D eigenvalue weighted by molar-refractivity contribution is -0.128. The predicted octanol–water partition coefficient (Wildman–Crippen LogP) is 4.13. The van der Waals surface area contributed by atoms with Crippen molar-refractivity contribution in [2.45, 2.75) is 91.0 Å². The fourth-order valence-corrected chi connectivity index (χ4v) is 8.18. The Morgan fingerprint density at radius 1 is 0.937 bits per heavy atom. The van der Waals surface area contributed by atoms with Gasteiger partial charge in [-0.1, -0.05) is 38.8 Å². The van der Waals surface area contributed by atoms with Gasteiger partial charge in [-0.15, -0.1) is 0 Å². The van der Waals surface area contributed by atoms with Crippen molar-refractivity contribution in [1.82, 2.24) is 40.4 Å². The largest absolute Gasteiger partial charge is 0.445 e. The number of aromatic nitrogens is 4. The molecule has 6 rings (SSSR count). The summed E-state index contributed by atoms with van der Waals surface area (Å²) in [5, 5.41) is 15.0. The lowest BCUT2D eigenvalue weighted by atomic mass is 10.0. The van der Waals surface area contributed by atoms with Crippen LogP contribution in [0.15, 0.2) is 53.6 Å². The zero-order valence-corrected chi connectivity index (χ0v) is 36.5. The summed E-state index contributed by atoms with van der Waals surface area (Å²) < 4.78 is 7.30. The minimum absolute atomic E-state index is 0.00518. The van der Waals surface area contributed by atoms with Crippen LogP contribution < -0.4 is 42.8 Å². The number of anilines is 4. The summed E-state index contributed by atoms with van der Waals surface area (Å²) in [5.74, 6) is -0.179. The fourth-order valence-electron chi connectivity index (χ4n) is 8.18. The van der Waals surface area contributed by atoms with Gasteiger partial charge in [0.05, 0.1) is 23.5 Å². The van der Waals surface area contributed by atoms with E-state index in [-0.39, 0.29) is 54.3 Å². The maximum absolute atomic E-state index is 13.6. The summed E-state index contributed by atoms with van der Waals surface area (Å²) in [5.41, 5.74) is 8.24. The highest BCUT2D eigenvalue weighted by molar-refractivity contribution is 5.99. The second kappa shape index (κ2) is 21.0. The standard InChI is InChI=1S/C44H58N12O7/c1-26(2)37(46-5)40(59)51-34(11-8-18-47-42(45)61)39(58)50-30-14-12-29(13-15-30)25-63-44(62)55-21-19-54(20-22-55)32-16-17-35(48-23-32)52-43-49-24-33-27(3)36(28(4)57)41(60)56(38(33)53-43)31-9-6-7-10-31/h12-17,23-24,26,31,34,37,46H,6-11,18-22,25H2,1-5H3,(H,50,58)(H,51,59)(H3,45,47,61)(H,48,49,52,53)/t34-,37-/m0/s1. The summed E-state index contributed by atoms with van der Waals surface area (Å²) >= 11 is 0. The number of primary amides is 1. The molecule has 1 saturated heterocycles. The van der Waals surface area contributed by atoms with E-state index in [1.165, 1.54) is 6.92 Å². The van der Waals surface area contributed by atoms with Crippen molar-refractivity contribution in [1.29, 1.82) is 0 Å². The molecular weight excluding hydrogens is 809 g/mol. The second-order valence-corrected chi connectivity index (χ2v) is 16.3. The molecule has 4 heterocycles. The number of nitrogens with two attached hydrogens (primary N) is 1. The molecule has 1 aliphatic carbocycles. The van der Waals surface area contributed by atoms with E-state index in [2.05, 4.69) is 41.5 Å². The molecule has 19 heteroatoms. The van der Waals surface area contributed by atoms with Gasteiger partial charge in [0.2, 0.25) is 17.8 Å². The molecule has 7 N–H and O–H groups in total. The Balaban J connectivity index is 0.986. The van der Waals surface area contributed by atoms with Crippen LogP contribution in [0.25, 0.3) is 11.0 Å². The Morgan fingerprint density at radius 2 is 1.65 bits per heavy atom. The first kappa shape index (κ1) is 45.9. The summed E-state index contributed by atoms with van der Waals surface area (Å²) in [7, 11) is 1.69. The molecule has 336 valence electrons. The number of ether oxygens (including phenoxy) is 1. The molecule has 2 atom stereocenters. The van der Waals surface area contributed by atoms with E-state index in [0.717, 1.165) is 36.9 Å². The smallest absolute Gasteiger partial charge is 0.410 e. The number of rotatable bonds is 17. The van der Waals surface area contributed by atoms with Crippen LogP contribution >= 0.6 is 0 Å². The number of ketones is 1. The van der Waals surface area contributed by atoms with Crippen molar-refractivity contribution in [3.8, 4) is 0 Å². The third-order valence-electron chi connectivity index (χ3n) is 11.6. The second-order valence-electron chi connectivity index (χ2n) is 16.3. The van der Waals surface area contributed by atoms with Gasteiger partial charge in [-0.25, -0.2) is 19.6 Å². The molecule has 63 heavy (non-hydrogen) atoms. The topological polar surface area (TPSA) is 248 Å². The van der Waals surface area contributed by atoms with Gasteiger partial charge in [0.25, 0.3) is 5.56 Å². The molecule has 4 aromatic rings. The van der Waals surface area contributed by atoms with E-state index in [4.69, 9.17) is 15.5 Å². The van der Waals surface area contributed by atoms with E-state index in [1.807, 2.05) is 26.0 Å². The highest BCUT2D eigenvalue weighted by atomic mass is 16.6. The number of Topliss-reactive ketones (excluding diaryl/α,β-unsaturated/α-hetero) is 1. The summed E-state index contributed by atoms with van der Waals surface area (Å²) in [4.78, 5) is 94.0. The van der Waals surface area contributed by atoms with E-state index >= 15 is 0 Å². The lowest BCUT2D eigenvalue weighted by Crippen LogP contribution is -2.52. The number of amides is 5. The number of hydrogen-bond acceptors (Lipinski definition) is 13. The van der Waals surface area contributed by atoms with Gasteiger partial charge >= 0.3 is 12.1 Å². The number of pyridine rings is 2. The third kappa shape index (κ3) is 11.4. The highest BCUT2D eigenvalue weighted by Crippen LogP contribution is 2.32. The van der Waals surface area contributed by atoms with Crippen LogP contribution in [-0.4, -0.2) is 106 Å². The van der Waals surface area contributed by atoms with E-state index in [0.29, 0.717) is 66.7 Å². The first-order valence-corrected chi connectivity index (χ1v) is 21.5. The van der Waals surface area contributed by atoms with Crippen LogP contribution in [0.4, 0.5) is 32.7 Å². The lowest BCUT2D eigenvalue weighted by Gasteiger charge is -2.35. The number of hydrogen-bond donors (Lipinski definition) is 6. The van der Waals surface area contributed by atoms with Gasteiger partial charge in [-0.3, -0.25) is 23.7 Å². The van der Waals surface area contributed by atoms with Crippen molar-refractivity contribution in [3.63, 3.8) is 0 Å². The van der Waals surface area contributed by atoms with Gasteiger partial charge in [-0.2, -0.15) is 4.98 Å². The monoisotopic (exact) mass is 866 g/mol. The number of piperazine rings is 1. The highest BCUT2D eigenvalue weighted by Gasteiger charge is 2.28. The number of likely N-dealkylation sites (N-methyl/N-ethyl adjacent to an activating group) is 1. The van der Waals surface area contributed by atoms with Crippen molar-refractivity contribution >= 4 is 63.9 Å². The van der Waals surface area contributed by atoms with Crippen LogP contribution in [0, 0.1) is 12.8 Å². The molecule has 2 fully saturated rings. The SMILES string of the molecule is CN[C@H](C(=O)N[C@@H](CCCNC(N)=O)C(=O)Nc1ccc(COC(=O)N2CCN(c3ccc(Nc4ncc5c(C)c(C(C)=O)c(=O)n(C6CCCC6)c5n4)nc3)CC2)cc1)C(C)C. The average Bonchev–Trinajstić information content (AvgIpc) is 3.79. The Bertz CT molecular complexity index is 2340. The van der Waals surface area contributed by atoms with Crippen LogP contribution in [-0.2, 0) is 20.9 Å². The molecule has 0 spiro atoms. The number of urea groups is 1. The first-order valence-electron chi connectivity index (χ1n) is 21.5. The molecule has 1 saturated carbocycles. The first-order chi connectivity index (χ1) is 30.2. The zero-order chi connectivity index (χ0) is 45.2. The Kier molecular flexibility index (Phi) is 15.3. The quantitative estimate of drug-likeness (QED) is 0.0647. The normalized spacial score (nSPS) is 15.2. The Labute approximate surface area is 365 Å². The summed E-state index contributed by atoms with van der Waals surface area (Å²) in [6.45, 7) is 9.32. The van der Waals surface area contributed by atoms with Crippen LogP contribution in [0.3, 0.4) is 0 Å². The summed E-state index contributed by atoms with van der Waals surface area (Å²) in [6.07, 6.45) is 7.39. The molecule has 1 aromatic carbocycles. The molecule has 1 aliphatic heterocycles. The van der Waals surface area contributed by atoms with Gasteiger partial charge in [0.1, 0.15) is 24.1 Å². The minimum Gasteiger partial charge on any atom is -0.445 e. The average molecular weight is 867 g/mol. The molecule has 0 bridgehead atoms. The minimum atomic E-state index is -0.855. The van der Waals surface area contributed by atoms with Crippen molar-refractivity contribution in [2.24, 2.45) is 11.7 Å². The molecule has 0 unspecified atom stereocenters. The summed E-state index contributed by atoms with van der Waals surface area (Å²) in [6, 6.07) is 8.62. The molecule has 3 aromatic heterocycles. The number of nitrogens with one attached hydrogen (secondary N) is 5. The fraction of sp³-hybridized carbons (Fsp3) is 0.477. The number of carbonyl (C=O) groups excluding carboxylic acids is 5. The third-order valence-corrected chi connectivity index (χ3v) is 11.6. The van der Waals surface area contributed by atoms with Crippen LogP contribution in [0.5, 0.6) is 0 Å². The van der Waals surface area contributed by atoms with Crippen LogP contribution in [0.1, 0.15) is 86.8 Å². The molecule has 0 radical (unpaired) electrons. The molecular formula is C44H58N12O7. The number of aryl methyl sites for hydroxylation is 1. The number of carbonyl (C=O) groups is 5. The maximum atomic E-state index is 13.6. The predicted molar refractivity (Wildman–Crippen MR) is 239 cm³/mol. The van der Waals surface area contributed by atoms with Crippen molar-refractivity contribution in [2.75, 3.05) is 55.3 Å². The molecule has 19 nitrogen and oxygen atoms in total. The zero-order valence-electron chi connectivity index (χ0n) is 36.5. The molecule has 2 aliphatic rings. The van der Waals surface area contributed by atoms with Crippen molar-refractivity contribution < 1.29 is 28.7 Å². The van der Waals surface area contributed by atoms with Crippen molar-refractivity contribution in [3.05, 3.63) is 75.8 Å². The Hall–Kier alpha value is -6.63. The van der Waals surface area contributed by atoms with E-state index < -0.39 is 30.1 Å². The van der Waals surface area contributed by atoms with Crippen LogP contribution in [0.2, 0.25) is 0 Å². The van der Waals surface area contributed by atoms with Gasteiger partial charge in [-0.05, 0) is 87.9 Å². The number of fused-ring (bicyclic) bond motifs is 1. The number of nitrogens with zero attached hydrogens (tertiary/aromatic N) is 6. The van der Waals surface area contributed by atoms with Gasteiger partial charge in [0, 0.05) is 56.0 Å². The molecule has 5 amide bonds. The van der Waals surface area contributed by atoms with Gasteiger partial charge in [0.15, 0.2) is 5.78 Å². The maximum Gasteiger partial charge on any atom is 0.410 e. The van der Waals surface area contributed by atoms with E-state index in [9.17, 15) is 28.8 Å². The van der Waals surface area contributed by atoms with Gasteiger partial charge < -0.3 is 46.9 Å². The Morgan fingerprint density at radius 3 is 2.27 bits per heavy atom.